The Hall–Kier alpha value is -1.01. The van der Waals surface area contributed by atoms with Crippen LogP contribution in [-0.4, -0.2) is 53.4 Å². The van der Waals surface area contributed by atoms with Gasteiger partial charge in [0.15, 0.2) is 0 Å². The number of aromatic nitrogens is 4. The number of quaternary nitrogens is 2. The Morgan fingerprint density at radius 2 is 1.91 bits per heavy atom. The Morgan fingerprint density at radius 3 is 2.59 bits per heavy atom. The Morgan fingerprint density at radius 1 is 1.18 bits per heavy atom. The third-order valence-corrected chi connectivity index (χ3v) is 5.59. The fraction of sp³-hybridized carbons (Fsp3) is 0.938. The third-order valence-electron chi connectivity index (χ3n) is 5.59. The van der Waals surface area contributed by atoms with Crippen molar-refractivity contribution < 1.29 is 9.80 Å². The predicted molar refractivity (Wildman–Crippen MR) is 84.9 cm³/mol. The number of tetrazole rings is 1. The second-order valence-electron chi connectivity index (χ2n) is 7.23. The second-order valence-corrected chi connectivity index (χ2v) is 7.23. The highest BCUT2D eigenvalue weighted by Crippen LogP contribution is 2.30. The van der Waals surface area contributed by atoms with Gasteiger partial charge in [0.1, 0.15) is 32.2 Å². The Kier molecular flexibility index (Phi) is 5.41. The van der Waals surface area contributed by atoms with Gasteiger partial charge in [-0.25, -0.2) is 4.68 Å². The molecule has 1 saturated carbocycles. The molecule has 0 spiro atoms. The zero-order valence-electron chi connectivity index (χ0n) is 14.2. The van der Waals surface area contributed by atoms with Gasteiger partial charge in [-0.1, -0.05) is 26.2 Å². The normalized spacial score (nSPS) is 28.1. The predicted octanol–water partition coefficient (Wildman–Crippen LogP) is -0.567. The molecule has 3 rings (SSSR count). The number of nitrogens with one attached hydrogen (secondary N) is 2. The van der Waals surface area contributed by atoms with Gasteiger partial charge >= 0.3 is 0 Å². The highest BCUT2D eigenvalue weighted by atomic mass is 15.6. The van der Waals surface area contributed by atoms with Crippen molar-refractivity contribution in [3.63, 3.8) is 0 Å². The van der Waals surface area contributed by atoms with Crippen LogP contribution in [0.1, 0.15) is 69.8 Å². The molecule has 0 radical (unpaired) electrons. The summed E-state index contributed by atoms with van der Waals surface area (Å²) in [5.74, 6) is 1.16. The van der Waals surface area contributed by atoms with Gasteiger partial charge in [0.25, 0.3) is 0 Å². The maximum atomic E-state index is 4.48. The first-order valence-corrected chi connectivity index (χ1v) is 9.23. The van der Waals surface area contributed by atoms with E-state index in [1.165, 1.54) is 71.1 Å². The van der Waals surface area contributed by atoms with Crippen LogP contribution in [0.25, 0.3) is 0 Å². The topological polar surface area (TPSA) is 52.5 Å². The summed E-state index contributed by atoms with van der Waals surface area (Å²) in [5.41, 5.74) is 0. The minimum atomic E-state index is 0.489. The molecule has 1 aromatic rings. The molecule has 6 nitrogen and oxygen atoms in total. The first kappa shape index (κ1) is 15.9. The van der Waals surface area contributed by atoms with Crippen LogP contribution in [0, 0.1) is 0 Å². The molecule has 2 fully saturated rings. The lowest BCUT2D eigenvalue weighted by atomic mass is 10.1. The van der Waals surface area contributed by atoms with E-state index in [2.05, 4.69) is 34.2 Å². The average Bonchev–Trinajstić information content (AvgIpc) is 3.20. The molecule has 0 amide bonds. The van der Waals surface area contributed by atoms with Crippen molar-refractivity contribution >= 4 is 0 Å². The summed E-state index contributed by atoms with van der Waals surface area (Å²) < 4.78 is 2.19. The van der Waals surface area contributed by atoms with Crippen LogP contribution in [0.5, 0.6) is 0 Å². The molecule has 1 aliphatic heterocycles. The standard InChI is InChI=1S/C16H30N6/c1-3-4-9-15(21-12-10-20(2)11-13-21)16-17-18-19-22(16)14-7-5-6-8-14/h14-15H,3-13H2,1-2H3/p+2/t15-/m0/s1. The summed E-state index contributed by atoms with van der Waals surface area (Å²) in [5, 5.41) is 12.9. The number of hydrogen-bond donors (Lipinski definition) is 2. The highest BCUT2D eigenvalue weighted by molar-refractivity contribution is 4.91. The molecule has 1 saturated heterocycles. The molecule has 1 aromatic heterocycles. The van der Waals surface area contributed by atoms with Gasteiger partial charge < -0.3 is 9.80 Å². The van der Waals surface area contributed by atoms with Crippen LogP contribution >= 0.6 is 0 Å². The van der Waals surface area contributed by atoms with Crippen LogP contribution in [0.15, 0.2) is 0 Å². The molecule has 2 N–H and O–H groups in total. The average molecular weight is 308 g/mol. The van der Waals surface area contributed by atoms with E-state index in [9.17, 15) is 0 Å². The minimum absolute atomic E-state index is 0.489. The lowest BCUT2D eigenvalue weighted by Crippen LogP contribution is -3.27. The van der Waals surface area contributed by atoms with Crippen molar-refractivity contribution in [3.05, 3.63) is 5.82 Å². The van der Waals surface area contributed by atoms with Gasteiger partial charge in [-0.3, -0.25) is 0 Å². The van der Waals surface area contributed by atoms with Gasteiger partial charge in [0, 0.05) is 6.42 Å². The van der Waals surface area contributed by atoms with Crippen molar-refractivity contribution in [2.24, 2.45) is 0 Å². The summed E-state index contributed by atoms with van der Waals surface area (Å²) >= 11 is 0. The second kappa shape index (κ2) is 7.51. The monoisotopic (exact) mass is 308 g/mol. The summed E-state index contributed by atoms with van der Waals surface area (Å²) in [7, 11) is 2.31. The summed E-state index contributed by atoms with van der Waals surface area (Å²) in [4.78, 5) is 3.36. The third kappa shape index (κ3) is 3.49. The number of hydrogen-bond acceptors (Lipinski definition) is 3. The van der Waals surface area contributed by atoms with Crippen LogP contribution in [0.3, 0.4) is 0 Å². The molecule has 22 heavy (non-hydrogen) atoms. The molecule has 2 heterocycles. The first-order chi connectivity index (χ1) is 10.8. The lowest BCUT2D eigenvalue weighted by Gasteiger charge is -2.33. The first-order valence-electron chi connectivity index (χ1n) is 9.23. The van der Waals surface area contributed by atoms with Crippen molar-refractivity contribution in [3.8, 4) is 0 Å². The Labute approximate surface area is 133 Å². The van der Waals surface area contributed by atoms with Crippen LogP contribution < -0.4 is 9.80 Å². The lowest BCUT2D eigenvalue weighted by molar-refractivity contribution is -1.02. The molecule has 0 aromatic carbocycles. The van der Waals surface area contributed by atoms with E-state index in [-0.39, 0.29) is 0 Å². The number of nitrogens with zero attached hydrogens (tertiary/aromatic N) is 4. The number of piperazine rings is 1. The Balaban J connectivity index is 1.78. The molecule has 2 aliphatic rings. The zero-order chi connectivity index (χ0) is 15.4. The SMILES string of the molecule is CCCC[C@@H](c1nnnn1C1CCCC1)[NH+]1CC[NH+](C)CC1. The van der Waals surface area contributed by atoms with E-state index < -0.39 is 0 Å². The maximum Gasteiger partial charge on any atom is 0.209 e. The van der Waals surface area contributed by atoms with E-state index in [1.54, 1.807) is 9.80 Å². The highest BCUT2D eigenvalue weighted by Gasteiger charge is 2.34. The van der Waals surface area contributed by atoms with Crippen LogP contribution in [-0.2, 0) is 0 Å². The van der Waals surface area contributed by atoms with E-state index in [4.69, 9.17) is 0 Å². The molecule has 6 heteroatoms. The van der Waals surface area contributed by atoms with Crippen molar-refractivity contribution in [1.82, 2.24) is 20.2 Å². The number of likely N-dealkylation sites (N-methyl/N-ethyl adjacent to an activating group) is 1. The van der Waals surface area contributed by atoms with Crippen molar-refractivity contribution in [1.29, 1.82) is 0 Å². The fourth-order valence-electron chi connectivity index (χ4n) is 4.11. The van der Waals surface area contributed by atoms with Crippen molar-refractivity contribution in [2.45, 2.75) is 64.0 Å². The van der Waals surface area contributed by atoms with E-state index in [0.29, 0.717) is 12.1 Å². The molecular formula is C16H32N6+2. The molecular weight excluding hydrogens is 276 g/mol. The largest absolute Gasteiger partial charge is 0.328 e. The smallest absolute Gasteiger partial charge is 0.209 e. The van der Waals surface area contributed by atoms with Gasteiger partial charge in [-0.15, -0.1) is 5.10 Å². The van der Waals surface area contributed by atoms with Crippen LogP contribution in [0.4, 0.5) is 0 Å². The molecule has 124 valence electrons. The summed E-state index contributed by atoms with van der Waals surface area (Å²) in [6.45, 7) is 7.31. The molecule has 1 atom stereocenters. The fourth-order valence-corrected chi connectivity index (χ4v) is 4.11. The maximum absolute atomic E-state index is 4.48. The van der Waals surface area contributed by atoms with E-state index in [0.717, 1.165) is 5.82 Å². The minimum Gasteiger partial charge on any atom is -0.328 e. The number of unbranched alkanes of at least 4 members (excludes halogenated alkanes) is 1. The van der Waals surface area contributed by atoms with Crippen LogP contribution in [0.2, 0.25) is 0 Å². The summed E-state index contributed by atoms with van der Waals surface area (Å²) in [6.07, 6.45) is 8.90. The van der Waals surface area contributed by atoms with Gasteiger partial charge in [-0.2, -0.15) is 0 Å². The van der Waals surface area contributed by atoms with Gasteiger partial charge in [-0.05, 0) is 29.7 Å². The van der Waals surface area contributed by atoms with Gasteiger partial charge in [0.2, 0.25) is 5.82 Å². The summed E-state index contributed by atoms with van der Waals surface area (Å²) in [6, 6.07) is 1.04. The van der Waals surface area contributed by atoms with Crippen molar-refractivity contribution in [2.75, 3.05) is 33.2 Å². The van der Waals surface area contributed by atoms with Gasteiger partial charge in [0.05, 0.1) is 13.1 Å². The van der Waals surface area contributed by atoms with E-state index in [1.807, 2.05) is 0 Å². The molecule has 1 aliphatic carbocycles. The quantitative estimate of drug-likeness (QED) is 0.740. The molecule has 0 unspecified atom stereocenters. The Bertz CT molecular complexity index is 445. The molecule has 0 bridgehead atoms. The number of rotatable bonds is 6. The zero-order valence-corrected chi connectivity index (χ0v) is 14.2. The van der Waals surface area contributed by atoms with E-state index >= 15 is 0 Å².